The molecule has 35 heavy (non-hydrogen) atoms. The average Bonchev–Trinajstić information content (AvgIpc) is 3.58. The van der Waals surface area contributed by atoms with Gasteiger partial charge in [-0.15, -0.1) is 0 Å². The van der Waals surface area contributed by atoms with Gasteiger partial charge in [-0.2, -0.15) is 0 Å². The van der Waals surface area contributed by atoms with E-state index in [0.29, 0.717) is 7.25 Å². The normalized spacial score (nSPS) is 17.5. The maximum absolute atomic E-state index is 2.47. The van der Waals surface area contributed by atoms with Crippen LogP contribution in [0.1, 0.15) is 54.5 Å². The second kappa shape index (κ2) is 10.1. The third kappa shape index (κ3) is 4.27. The Morgan fingerprint density at radius 1 is 0.571 bits per heavy atom. The van der Waals surface area contributed by atoms with Crippen LogP contribution in [0.3, 0.4) is 0 Å². The number of aryl methyl sites for hydroxylation is 2. The molecule has 2 nitrogen and oxygen atoms in total. The van der Waals surface area contributed by atoms with Crippen molar-refractivity contribution in [2.45, 2.75) is 34.9 Å². The monoisotopic (exact) mass is 576 g/mol. The van der Waals surface area contributed by atoms with E-state index in [2.05, 4.69) is 122 Å². The topological polar surface area (TPSA) is 9.86 Å². The fraction of sp³-hybridized carbons (Fsp3) is 0.200. The van der Waals surface area contributed by atoms with Crippen LogP contribution >= 0.6 is 0 Å². The molecule has 2 unspecified atom stereocenters. The molecule has 0 aliphatic heterocycles. The Bertz CT molecular complexity index is 1320. The number of hydrogen-bond donors (Lipinski definition) is 0. The number of nitrogens with zero attached hydrogens (tertiary/aromatic N) is 2. The van der Waals surface area contributed by atoms with Crippen LogP contribution in [0.4, 0.5) is 0 Å². The summed E-state index contributed by atoms with van der Waals surface area (Å²) in [7, 11) is 0. The first-order valence-corrected chi connectivity index (χ1v) is 14.5. The Morgan fingerprint density at radius 2 is 0.943 bits per heavy atom. The molecule has 2 atom stereocenters. The molecule has 0 N–H and O–H groups in total. The van der Waals surface area contributed by atoms with E-state index in [1.165, 1.54) is 33.6 Å². The van der Waals surface area contributed by atoms with Crippen LogP contribution in [0, 0.1) is 13.8 Å². The summed E-state index contributed by atoms with van der Waals surface area (Å²) in [5, 5.41) is 0. The van der Waals surface area contributed by atoms with E-state index >= 15 is 0 Å². The number of fused-ring (bicyclic) bond motifs is 2. The Balaban J connectivity index is 0.00000144. The summed E-state index contributed by atoms with van der Waals surface area (Å²) in [6, 6.07) is 17.7. The van der Waals surface area contributed by atoms with E-state index in [4.69, 9.17) is 0 Å². The Labute approximate surface area is 232 Å². The molecule has 2 aromatic heterocycles. The molecule has 0 saturated carbocycles. The van der Waals surface area contributed by atoms with Crippen molar-refractivity contribution in [3.05, 3.63) is 118 Å². The molecule has 0 spiro atoms. The maximum Gasteiger partial charge on any atom is -1.00 e. The van der Waals surface area contributed by atoms with Crippen LogP contribution in [0.5, 0.6) is 0 Å². The Morgan fingerprint density at radius 3 is 1.31 bits per heavy atom. The van der Waals surface area contributed by atoms with E-state index in [1.54, 1.807) is 22.3 Å². The minimum atomic E-state index is -0.877. The minimum Gasteiger partial charge on any atom is -1.00 e. The molecule has 4 aromatic rings. The first kappa shape index (κ1) is 26.0. The third-order valence-corrected chi connectivity index (χ3v) is 12.6. The van der Waals surface area contributed by atoms with Gasteiger partial charge in [-0.3, -0.25) is 0 Å². The van der Waals surface area contributed by atoms with Crippen LogP contribution in [0.25, 0.3) is 23.5 Å². The molecule has 2 aromatic carbocycles. The van der Waals surface area contributed by atoms with Crippen molar-refractivity contribution in [1.29, 1.82) is 0 Å². The number of benzene rings is 2. The number of aromatic nitrogens is 2. The molecule has 5 heteroatoms. The van der Waals surface area contributed by atoms with Crippen LogP contribution in [-0.4, -0.2) is 9.13 Å². The second-order valence-corrected chi connectivity index (χ2v) is 13.1. The van der Waals surface area contributed by atoms with Crippen molar-refractivity contribution in [2.75, 3.05) is 0 Å². The van der Waals surface area contributed by atoms with Gasteiger partial charge in [0.25, 0.3) is 0 Å². The molecule has 2 heterocycles. The van der Waals surface area contributed by atoms with Gasteiger partial charge >= 0.3 is 209 Å². The summed E-state index contributed by atoms with van der Waals surface area (Å²) >= 11 is -0.877. The largest absolute Gasteiger partial charge is 1.00 e. The number of halogens is 2. The third-order valence-electron chi connectivity index (χ3n) is 7.29. The molecule has 0 bridgehead atoms. The van der Waals surface area contributed by atoms with Gasteiger partial charge in [-0.25, -0.2) is 0 Å². The fourth-order valence-corrected chi connectivity index (χ4v) is 10.9. The number of rotatable bonds is 4. The predicted octanol–water partition coefficient (Wildman–Crippen LogP) is 1.59. The summed E-state index contributed by atoms with van der Waals surface area (Å²) in [5.74, 6) is 0. The molecule has 176 valence electrons. The Hall–Kier alpha value is -2.06. The van der Waals surface area contributed by atoms with Gasteiger partial charge in [0.15, 0.2) is 0 Å². The zero-order chi connectivity index (χ0) is 22.7. The van der Waals surface area contributed by atoms with Crippen molar-refractivity contribution in [3.8, 4) is 11.4 Å². The molecule has 6 rings (SSSR count). The molecule has 2 aliphatic carbocycles. The van der Waals surface area contributed by atoms with Gasteiger partial charge in [0.2, 0.25) is 0 Å². The van der Waals surface area contributed by atoms with Crippen molar-refractivity contribution < 1.29 is 48.0 Å². The van der Waals surface area contributed by atoms with Gasteiger partial charge < -0.3 is 24.8 Å². The van der Waals surface area contributed by atoms with E-state index in [9.17, 15) is 0 Å². The van der Waals surface area contributed by atoms with Crippen LogP contribution in [0.15, 0.2) is 84.5 Å². The first-order valence-electron chi connectivity index (χ1n) is 11.7. The van der Waals surface area contributed by atoms with E-state index in [-0.39, 0.29) is 24.8 Å². The Kier molecular flexibility index (Phi) is 7.53. The van der Waals surface area contributed by atoms with Crippen molar-refractivity contribution in [2.24, 2.45) is 0 Å². The quantitative estimate of drug-likeness (QED) is 0.348. The summed E-state index contributed by atoms with van der Waals surface area (Å²) < 4.78 is 5.76. The molecule has 0 radical (unpaired) electrons. The first-order chi connectivity index (χ1) is 16.0. The maximum atomic E-state index is 2.47. The van der Waals surface area contributed by atoms with Crippen molar-refractivity contribution in [1.82, 2.24) is 9.13 Å². The summed E-state index contributed by atoms with van der Waals surface area (Å²) in [6.07, 6.45) is 13.6. The van der Waals surface area contributed by atoms with Gasteiger partial charge in [0, 0.05) is 0 Å². The molecular weight excluding hydrogens is 550 g/mol. The number of allylic oxidation sites excluding steroid dienone is 2. The van der Waals surface area contributed by atoms with Crippen molar-refractivity contribution >= 4 is 12.2 Å². The molecule has 2 aliphatic rings. The minimum absolute atomic E-state index is 0. The summed E-state index contributed by atoms with van der Waals surface area (Å²) in [5.41, 5.74) is 14.7. The summed E-state index contributed by atoms with van der Waals surface area (Å²) in [6.45, 7) is 9.33. The molecule has 0 saturated heterocycles. The molecular formula is C30H28Cl2N2Zr. The zero-order valence-electron chi connectivity index (χ0n) is 20.4. The van der Waals surface area contributed by atoms with Gasteiger partial charge in [0.05, 0.1) is 0 Å². The van der Waals surface area contributed by atoms with Crippen LogP contribution in [-0.2, 0) is 23.2 Å². The van der Waals surface area contributed by atoms with Crippen LogP contribution < -0.4 is 24.8 Å². The smallest absolute Gasteiger partial charge is 1.00 e. The van der Waals surface area contributed by atoms with Gasteiger partial charge in [-0.1, -0.05) is 0 Å². The molecule has 0 fully saturated rings. The average molecular weight is 579 g/mol. The SMILES string of the molecule is CC1=Cc2c(-n3cccc3)ccc(C)c2[CH]1[Zr+2][CH]1C(C)=Cc2c(-n3cccc3)ccc(C)c21.[Cl-].[Cl-]. The second-order valence-electron chi connectivity index (χ2n) is 9.45. The molecule has 0 amide bonds. The number of hydrogen-bond acceptors (Lipinski definition) is 0. The van der Waals surface area contributed by atoms with Gasteiger partial charge in [0.1, 0.15) is 0 Å². The standard InChI is InChI=1S/2C15H14N.2ClH.Zr/c2*1-11-9-13-12(2)5-6-15(14(13)10-11)16-7-3-4-8-16;;;/h2*3-10H,1-2H3;2*1H;/q;;;;+2/p-2. The summed E-state index contributed by atoms with van der Waals surface area (Å²) in [4.78, 5) is 0. The van der Waals surface area contributed by atoms with E-state index in [1.807, 2.05) is 0 Å². The zero-order valence-corrected chi connectivity index (χ0v) is 24.4. The van der Waals surface area contributed by atoms with Crippen molar-refractivity contribution in [3.63, 3.8) is 0 Å². The van der Waals surface area contributed by atoms with Crippen LogP contribution in [0.2, 0.25) is 0 Å². The van der Waals surface area contributed by atoms with Gasteiger partial charge in [-0.05, 0) is 0 Å². The fourth-order valence-electron chi connectivity index (χ4n) is 5.65. The van der Waals surface area contributed by atoms with E-state index < -0.39 is 23.2 Å². The predicted molar refractivity (Wildman–Crippen MR) is 134 cm³/mol. The van der Waals surface area contributed by atoms with E-state index in [0.717, 1.165) is 0 Å².